The molecule has 6 nitrogen and oxygen atoms in total. The van der Waals surface area contributed by atoms with Crippen molar-refractivity contribution in [3.63, 3.8) is 0 Å². The topological polar surface area (TPSA) is 91.1 Å². The standard InChI is InChI=1S/C9H19N5O/c1-6(2)15-5-8(13-11)7-4-12-14(3)9(7)10/h4,6,8,13H,5,10-11H2,1-3H3. The van der Waals surface area contributed by atoms with Crippen LogP contribution in [0.2, 0.25) is 0 Å². The Morgan fingerprint density at radius 1 is 1.60 bits per heavy atom. The van der Waals surface area contributed by atoms with Gasteiger partial charge < -0.3 is 10.5 Å². The fourth-order valence-electron chi connectivity index (χ4n) is 1.25. The number of hydrogen-bond donors (Lipinski definition) is 3. The van der Waals surface area contributed by atoms with E-state index in [-0.39, 0.29) is 12.1 Å². The zero-order valence-electron chi connectivity index (χ0n) is 9.40. The van der Waals surface area contributed by atoms with E-state index in [2.05, 4.69) is 10.5 Å². The summed E-state index contributed by atoms with van der Waals surface area (Å²) >= 11 is 0. The maximum Gasteiger partial charge on any atom is 0.126 e. The number of anilines is 1. The highest BCUT2D eigenvalue weighted by molar-refractivity contribution is 5.40. The van der Waals surface area contributed by atoms with Crippen LogP contribution in [0, 0.1) is 0 Å². The molecule has 0 spiro atoms. The number of nitrogens with one attached hydrogen (secondary N) is 1. The van der Waals surface area contributed by atoms with E-state index in [0.717, 1.165) is 5.56 Å². The Bertz CT molecular complexity index is 309. The minimum atomic E-state index is -0.124. The van der Waals surface area contributed by atoms with Gasteiger partial charge in [-0.3, -0.25) is 16.0 Å². The molecular formula is C9H19N5O. The van der Waals surface area contributed by atoms with Crippen LogP contribution in [-0.2, 0) is 11.8 Å². The highest BCUT2D eigenvalue weighted by Crippen LogP contribution is 2.19. The summed E-state index contributed by atoms with van der Waals surface area (Å²) in [5.74, 6) is 6.05. The van der Waals surface area contributed by atoms with Crippen LogP contribution in [0.3, 0.4) is 0 Å². The number of hydrazine groups is 1. The molecule has 5 N–H and O–H groups in total. The number of nitrogen functional groups attached to an aromatic ring is 1. The SMILES string of the molecule is CC(C)OCC(NN)c1cnn(C)c1N. The second kappa shape index (κ2) is 5.11. The zero-order valence-corrected chi connectivity index (χ0v) is 9.40. The Morgan fingerprint density at radius 3 is 2.67 bits per heavy atom. The second-order valence-corrected chi connectivity index (χ2v) is 3.71. The van der Waals surface area contributed by atoms with Crippen molar-refractivity contribution in [2.24, 2.45) is 12.9 Å². The maximum atomic E-state index is 5.83. The van der Waals surface area contributed by atoms with Crippen molar-refractivity contribution in [1.82, 2.24) is 15.2 Å². The first-order chi connectivity index (χ1) is 7.06. The summed E-state index contributed by atoms with van der Waals surface area (Å²) in [6.07, 6.45) is 1.86. The monoisotopic (exact) mass is 213 g/mol. The third-order valence-corrected chi connectivity index (χ3v) is 2.19. The summed E-state index contributed by atoms with van der Waals surface area (Å²) in [5, 5.41) is 4.05. The van der Waals surface area contributed by atoms with Gasteiger partial charge in [0, 0.05) is 12.6 Å². The van der Waals surface area contributed by atoms with E-state index < -0.39 is 0 Å². The van der Waals surface area contributed by atoms with Gasteiger partial charge in [-0.15, -0.1) is 0 Å². The number of ether oxygens (including phenoxy) is 1. The minimum Gasteiger partial charge on any atom is -0.384 e. The van der Waals surface area contributed by atoms with E-state index in [0.29, 0.717) is 12.4 Å². The van der Waals surface area contributed by atoms with Gasteiger partial charge in [0.05, 0.1) is 24.9 Å². The molecule has 0 fully saturated rings. The third-order valence-electron chi connectivity index (χ3n) is 2.19. The number of aromatic nitrogens is 2. The number of nitrogens with two attached hydrogens (primary N) is 2. The van der Waals surface area contributed by atoms with Gasteiger partial charge in [-0.2, -0.15) is 5.10 Å². The van der Waals surface area contributed by atoms with Crippen molar-refractivity contribution < 1.29 is 4.74 Å². The molecule has 0 aromatic carbocycles. The predicted molar refractivity (Wildman–Crippen MR) is 58.8 cm³/mol. The van der Waals surface area contributed by atoms with Gasteiger partial charge in [0.15, 0.2) is 0 Å². The first-order valence-electron chi connectivity index (χ1n) is 4.91. The molecule has 1 unspecified atom stereocenters. The molecule has 0 saturated carbocycles. The zero-order chi connectivity index (χ0) is 11.4. The summed E-state index contributed by atoms with van der Waals surface area (Å²) in [7, 11) is 1.79. The Morgan fingerprint density at radius 2 is 2.27 bits per heavy atom. The lowest BCUT2D eigenvalue weighted by Crippen LogP contribution is -2.32. The molecule has 0 amide bonds. The average Bonchev–Trinajstić information content (AvgIpc) is 2.50. The lowest BCUT2D eigenvalue weighted by molar-refractivity contribution is 0.0612. The van der Waals surface area contributed by atoms with Gasteiger partial charge in [0.25, 0.3) is 0 Å². The maximum absolute atomic E-state index is 5.83. The van der Waals surface area contributed by atoms with Gasteiger partial charge in [0.1, 0.15) is 5.82 Å². The molecule has 0 bridgehead atoms. The number of rotatable bonds is 5. The molecule has 1 heterocycles. The van der Waals surface area contributed by atoms with E-state index >= 15 is 0 Å². The molecule has 86 valence electrons. The molecule has 15 heavy (non-hydrogen) atoms. The molecule has 0 saturated heterocycles. The van der Waals surface area contributed by atoms with E-state index in [9.17, 15) is 0 Å². The Kier molecular flexibility index (Phi) is 4.07. The number of nitrogens with zero attached hydrogens (tertiary/aromatic N) is 2. The van der Waals surface area contributed by atoms with E-state index in [1.165, 1.54) is 0 Å². The molecule has 1 rings (SSSR count). The van der Waals surface area contributed by atoms with Crippen LogP contribution in [0.25, 0.3) is 0 Å². The number of hydrogen-bond acceptors (Lipinski definition) is 5. The van der Waals surface area contributed by atoms with E-state index in [1.807, 2.05) is 13.8 Å². The molecule has 0 aliphatic rings. The summed E-state index contributed by atoms with van der Waals surface area (Å²) in [6.45, 7) is 4.42. The molecule has 6 heteroatoms. The smallest absolute Gasteiger partial charge is 0.126 e. The van der Waals surface area contributed by atoms with Crippen LogP contribution in [-0.4, -0.2) is 22.5 Å². The molecule has 1 aromatic heterocycles. The van der Waals surface area contributed by atoms with Gasteiger partial charge in [-0.25, -0.2) is 0 Å². The Labute approximate surface area is 89.5 Å². The highest BCUT2D eigenvalue weighted by atomic mass is 16.5. The Hall–Kier alpha value is -1.11. The summed E-state index contributed by atoms with van der Waals surface area (Å²) in [6, 6.07) is -0.124. The highest BCUT2D eigenvalue weighted by Gasteiger charge is 2.16. The van der Waals surface area contributed by atoms with Crippen LogP contribution in [0.4, 0.5) is 5.82 Å². The van der Waals surface area contributed by atoms with Crippen molar-refractivity contribution >= 4 is 5.82 Å². The average molecular weight is 213 g/mol. The molecule has 0 aliphatic heterocycles. The minimum absolute atomic E-state index is 0.124. The predicted octanol–water partition coefficient (Wildman–Crippen LogP) is -0.0683. The first kappa shape index (κ1) is 12.0. The van der Waals surface area contributed by atoms with E-state index in [4.69, 9.17) is 16.3 Å². The summed E-state index contributed by atoms with van der Waals surface area (Å²) in [4.78, 5) is 0. The number of aryl methyl sites for hydroxylation is 1. The fourth-order valence-corrected chi connectivity index (χ4v) is 1.25. The molecule has 0 aliphatic carbocycles. The lowest BCUT2D eigenvalue weighted by Gasteiger charge is -2.17. The quantitative estimate of drug-likeness (QED) is 0.470. The van der Waals surface area contributed by atoms with E-state index in [1.54, 1.807) is 17.9 Å². The van der Waals surface area contributed by atoms with Crippen LogP contribution in [0.1, 0.15) is 25.5 Å². The van der Waals surface area contributed by atoms with Crippen LogP contribution in [0.5, 0.6) is 0 Å². The van der Waals surface area contributed by atoms with Gasteiger partial charge >= 0.3 is 0 Å². The lowest BCUT2D eigenvalue weighted by atomic mass is 10.1. The molecule has 0 radical (unpaired) electrons. The van der Waals surface area contributed by atoms with Crippen LogP contribution >= 0.6 is 0 Å². The van der Waals surface area contributed by atoms with Gasteiger partial charge in [-0.05, 0) is 13.8 Å². The van der Waals surface area contributed by atoms with Crippen LogP contribution in [0.15, 0.2) is 6.20 Å². The van der Waals surface area contributed by atoms with Crippen LogP contribution < -0.4 is 17.0 Å². The van der Waals surface area contributed by atoms with Gasteiger partial charge in [0.2, 0.25) is 0 Å². The van der Waals surface area contributed by atoms with Crippen molar-refractivity contribution in [3.8, 4) is 0 Å². The van der Waals surface area contributed by atoms with Gasteiger partial charge in [-0.1, -0.05) is 0 Å². The van der Waals surface area contributed by atoms with Crippen molar-refractivity contribution in [1.29, 1.82) is 0 Å². The Balaban J connectivity index is 2.70. The van der Waals surface area contributed by atoms with Crippen molar-refractivity contribution in [2.45, 2.75) is 26.0 Å². The van der Waals surface area contributed by atoms with Crippen molar-refractivity contribution in [3.05, 3.63) is 11.8 Å². The fraction of sp³-hybridized carbons (Fsp3) is 0.667. The van der Waals surface area contributed by atoms with Crippen molar-refractivity contribution in [2.75, 3.05) is 12.3 Å². The first-order valence-corrected chi connectivity index (χ1v) is 4.91. The molecular weight excluding hydrogens is 194 g/mol. The molecule has 1 atom stereocenters. The third kappa shape index (κ3) is 2.92. The second-order valence-electron chi connectivity index (χ2n) is 3.71. The summed E-state index contributed by atoms with van der Waals surface area (Å²) < 4.78 is 7.08. The molecule has 1 aromatic rings. The summed E-state index contributed by atoms with van der Waals surface area (Å²) in [5.41, 5.74) is 9.37. The largest absolute Gasteiger partial charge is 0.384 e. The normalized spacial score (nSPS) is 13.4.